The standard InChI is InChI=1S/C29H52O3/c1-28(2,21-8-14-25(30)15-9-21)20-4-6-22(7-5-20)29(3,23-10-16-26(31)17-11-23)24-12-18-27(32)19-13-24/h20-27,30-32H,4-19H2,1-3H3. The van der Waals surface area contributed by atoms with Crippen molar-refractivity contribution >= 4 is 0 Å². The van der Waals surface area contributed by atoms with Crippen LogP contribution in [0.3, 0.4) is 0 Å². The highest BCUT2D eigenvalue weighted by atomic mass is 16.3. The van der Waals surface area contributed by atoms with E-state index in [0.717, 1.165) is 68.1 Å². The largest absolute Gasteiger partial charge is 0.393 e. The fraction of sp³-hybridized carbons (Fsp3) is 1.00. The van der Waals surface area contributed by atoms with E-state index in [-0.39, 0.29) is 18.3 Å². The lowest BCUT2D eigenvalue weighted by Crippen LogP contribution is -2.47. The van der Waals surface area contributed by atoms with E-state index in [0.29, 0.717) is 10.8 Å². The highest BCUT2D eigenvalue weighted by Crippen LogP contribution is 2.58. The van der Waals surface area contributed by atoms with Crippen LogP contribution >= 0.6 is 0 Å². The molecule has 0 aromatic heterocycles. The maximum Gasteiger partial charge on any atom is 0.0540 e. The van der Waals surface area contributed by atoms with Crippen molar-refractivity contribution in [3.05, 3.63) is 0 Å². The van der Waals surface area contributed by atoms with Gasteiger partial charge in [0.25, 0.3) is 0 Å². The number of hydrogen-bond donors (Lipinski definition) is 3. The Morgan fingerprint density at radius 1 is 0.375 bits per heavy atom. The lowest BCUT2D eigenvalue weighted by Gasteiger charge is -2.55. The van der Waals surface area contributed by atoms with E-state index in [9.17, 15) is 15.3 Å². The lowest BCUT2D eigenvalue weighted by atomic mass is 9.50. The summed E-state index contributed by atoms with van der Waals surface area (Å²) in [6.07, 6.45) is 18.5. The Kier molecular flexibility index (Phi) is 8.00. The van der Waals surface area contributed by atoms with E-state index >= 15 is 0 Å². The van der Waals surface area contributed by atoms with Gasteiger partial charge in [0.05, 0.1) is 18.3 Å². The molecule has 4 saturated carbocycles. The van der Waals surface area contributed by atoms with E-state index in [1.807, 2.05) is 0 Å². The fourth-order valence-corrected chi connectivity index (χ4v) is 9.01. The highest BCUT2D eigenvalue weighted by Gasteiger charge is 2.50. The van der Waals surface area contributed by atoms with Gasteiger partial charge >= 0.3 is 0 Å². The van der Waals surface area contributed by atoms with Gasteiger partial charge in [0.2, 0.25) is 0 Å². The summed E-state index contributed by atoms with van der Waals surface area (Å²) in [6, 6.07) is 0. The van der Waals surface area contributed by atoms with E-state index < -0.39 is 0 Å². The Balaban J connectivity index is 1.44. The summed E-state index contributed by atoms with van der Waals surface area (Å²) in [5, 5.41) is 30.3. The first kappa shape index (κ1) is 25.0. The van der Waals surface area contributed by atoms with Crippen LogP contribution in [0.15, 0.2) is 0 Å². The van der Waals surface area contributed by atoms with Crippen LogP contribution < -0.4 is 0 Å². The maximum atomic E-state index is 10.2. The Labute approximate surface area is 197 Å². The maximum absolute atomic E-state index is 10.2. The molecule has 0 atom stereocenters. The second-order valence-electron chi connectivity index (χ2n) is 13.3. The molecule has 4 fully saturated rings. The molecule has 4 aliphatic carbocycles. The molecule has 0 bridgehead atoms. The van der Waals surface area contributed by atoms with Crippen molar-refractivity contribution in [1.29, 1.82) is 0 Å². The summed E-state index contributed by atoms with van der Waals surface area (Å²) in [6.45, 7) is 7.70. The lowest BCUT2D eigenvalue weighted by molar-refractivity contribution is -0.0718. The van der Waals surface area contributed by atoms with Gasteiger partial charge in [0.1, 0.15) is 0 Å². The van der Waals surface area contributed by atoms with Crippen LogP contribution in [0.4, 0.5) is 0 Å². The number of aliphatic hydroxyl groups excluding tert-OH is 3. The summed E-state index contributed by atoms with van der Waals surface area (Å²) >= 11 is 0. The van der Waals surface area contributed by atoms with Gasteiger partial charge in [-0.3, -0.25) is 0 Å². The monoisotopic (exact) mass is 448 g/mol. The van der Waals surface area contributed by atoms with Crippen molar-refractivity contribution in [2.45, 2.75) is 142 Å². The van der Waals surface area contributed by atoms with Crippen molar-refractivity contribution in [3.8, 4) is 0 Å². The van der Waals surface area contributed by atoms with E-state index in [2.05, 4.69) is 20.8 Å². The molecule has 0 aromatic rings. The second kappa shape index (κ2) is 10.2. The Bertz CT molecular complexity index is 547. The van der Waals surface area contributed by atoms with Crippen molar-refractivity contribution < 1.29 is 15.3 Å². The average Bonchev–Trinajstić information content (AvgIpc) is 2.80. The summed E-state index contributed by atoms with van der Waals surface area (Å²) < 4.78 is 0. The van der Waals surface area contributed by atoms with Crippen LogP contribution in [0, 0.1) is 40.4 Å². The average molecular weight is 449 g/mol. The Morgan fingerprint density at radius 2 is 0.594 bits per heavy atom. The molecule has 4 rings (SSSR count). The fourth-order valence-electron chi connectivity index (χ4n) is 9.01. The number of hydrogen-bond acceptors (Lipinski definition) is 3. The Morgan fingerprint density at radius 3 is 0.906 bits per heavy atom. The first-order valence-corrected chi connectivity index (χ1v) is 14.2. The molecule has 32 heavy (non-hydrogen) atoms. The summed E-state index contributed by atoms with van der Waals surface area (Å²) in [5.41, 5.74) is 0.774. The minimum atomic E-state index is -0.0748. The van der Waals surface area contributed by atoms with Crippen LogP contribution in [-0.4, -0.2) is 33.6 Å². The zero-order valence-electron chi connectivity index (χ0n) is 21.3. The van der Waals surface area contributed by atoms with Gasteiger partial charge in [-0.05, 0) is 143 Å². The zero-order valence-corrected chi connectivity index (χ0v) is 21.3. The van der Waals surface area contributed by atoms with Gasteiger partial charge in [0, 0.05) is 0 Å². The quantitative estimate of drug-likeness (QED) is 0.451. The number of rotatable bonds is 5. The van der Waals surface area contributed by atoms with Crippen LogP contribution in [-0.2, 0) is 0 Å². The van der Waals surface area contributed by atoms with E-state index in [1.54, 1.807) is 0 Å². The molecule has 3 nitrogen and oxygen atoms in total. The van der Waals surface area contributed by atoms with Gasteiger partial charge in [-0.25, -0.2) is 0 Å². The van der Waals surface area contributed by atoms with Gasteiger partial charge in [-0.2, -0.15) is 0 Å². The molecule has 186 valence electrons. The normalized spacial score (nSPS) is 44.1. The highest BCUT2D eigenvalue weighted by molar-refractivity contribution is 5.00. The van der Waals surface area contributed by atoms with Crippen LogP contribution in [0.25, 0.3) is 0 Å². The molecular weight excluding hydrogens is 396 g/mol. The van der Waals surface area contributed by atoms with Crippen molar-refractivity contribution in [3.63, 3.8) is 0 Å². The third kappa shape index (κ3) is 5.10. The third-order valence-corrected chi connectivity index (χ3v) is 11.6. The third-order valence-electron chi connectivity index (χ3n) is 11.6. The first-order valence-electron chi connectivity index (χ1n) is 14.2. The summed E-state index contributed by atoms with van der Waals surface area (Å²) in [7, 11) is 0. The minimum absolute atomic E-state index is 0.0542. The topological polar surface area (TPSA) is 60.7 Å². The molecule has 0 unspecified atom stereocenters. The molecule has 0 radical (unpaired) electrons. The molecule has 0 aromatic carbocycles. The van der Waals surface area contributed by atoms with Crippen molar-refractivity contribution in [2.24, 2.45) is 40.4 Å². The minimum Gasteiger partial charge on any atom is -0.393 e. The smallest absolute Gasteiger partial charge is 0.0540 e. The Hall–Kier alpha value is -0.120. The van der Waals surface area contributed by atoms with E-state index in [4.69, 9.17) is 0 Å². The van der Waals surface area contributed by atoms with Gasteiger partial charge in [-0.15, -0.1) is 0 Å². The van der Waals surface area contributed by atoms with Gasteiger partial charge < -0.3 is 15.3 Å². The molecule has 4 aliphatic rings. The summed E-state index contributed by atoms with van der Waals surface area (Å²) in [4.78, 5) is 0. The SMILES string of the molecule is CC(C)(C1CCC(O)CC1)C1CCC(C(C)(C2CCC(O)CC2)C2CCC(O)CC2)CC1. The predicted octanol–water partition coefficient (Wildman–Crippen LogP) is 6.48. The first-order chi connectivity index (χ1) is 15.2. The molecule has 3 heteroatoms. The van der Waals surface area contributed by atoms with Gasteiger partial charge in [-0.1, -0.05) is 20.8 Å². The van der Waals surface area contributed by atoms with Crippen molar-refractivity contribution in [1.82, 2.24) is 0 Å². The van der Waals surface area contributed by atoms with E-state index in [1.165, 1.54) is 64.2 Å². The zero-order chi connectivity index (χ0) is 22.9. The van der Waals surface area contributed by atoms with Crippen molar-refractivity contribution in [2.75, 3.05) is 0 Å². The van der Waals surface area contributed by atoms with Crippen LogP contribution in [0.1, 0.15) is 124 Å². The molecule has 3 N–H and O–H groups in total. The van der Waals surface area contributed by atoms with Crippen LogP contribution in [0.2, 0.25) is 0 Å². The predicted molar refractivity (Wildman–Crippen MR) is 131 cm³/mol. The molecular formula is C29H52O3. The van der Waals surface area contributed by atoms with Gasteiger partial charge in [0.15, 0.2) is 0 Å². The second-order valence-corrected chi connectivity index (χ2v) is 13.3. The molecule has 0 saturated heterocycles. The molecule has 0 spiro atoms. The molecule has 0 heterocycles. The summed E-state index contributed by atoms with van der Waals surface area (Å²) in [5.74, 6) is 3.91. The number of aliphatic hydroxyl groups is 3. The molecule has 0 amide bonds. The van der Waals surface area contributed by atoms with Crippen LogP contribution in [0.5, 0.6) is 0 Å². The molecule has 0 aliphatic heterocycles.